The molecular formula is C12H18N2O2S. The van der Waals surface area contributed by atoms with E-state index in [0.717, 1.165) is 24.8 Å². The van der Waals surface area contributed by atoms with E-state index in [-0.39, 0.29) is 10.9 Å². The van der Waals surface area contributed by atoms with Gasteiger partial charge in [0.25, 0.3) is 0 Å². The number of anilines is 1. The van der Waals surface area contributed by atoms with Crippen LogP contribution in [-0.2, 0) is 10.0 Å². The third kappa shape index (κ3) is 2.17. The van der Waals surface area contributed by atoms with Gasteiger partial charge in [0.05, 0.1) is 5.69 Å². The predicted molar refractivity (Wildman–Crippen MR) is 68.2 cm³/mol. The molecule has 0 aromatic heterocycles. The molecule has 2 rings (SSSR count). The number of aryl methyl sites for hydroxylation is 1. The first-order valence-corrected chi connectivity index (χ1v) is 7.21. The van der Waals surface area contributed by atoms with E-state index in [1.807, 2.05) is 6.92 Å². The van der Waals surface area contributed by atoms with E-state index in [1.165, 1.54) is 4.31 Å². The molecular weight excluding hydrogens is 236 g/mol. The van der Waals surface area contributed by atoms with Crippen LogP contribution in [0.4, 0.5) is 5.69 Å². The quantitative estimate of drug-likeness (QED) is 0.836. The highest BCUT2D eigenvalue weighted by atomic mass is 32.2. The second kappa shape index (κ2) is 4.31. The smallest absolute Gasteiger partial charge is 0.245 e. The third-order valence-corrected chi connectivity index (χ3v) is 5.40. The van der Waals surface area contributed by atoms with Gasteiger partial charge in [-0.2, -0.15) is 4.31 Å². The summed E-state index contributed by atoms with van der Waals surface area (Å²) in [5, 5.41) is 0. The van der Waals surface area contributed by atoms with Crippen molar-refractivity contribution >= 4 is 15.7 Å². The maximum absolute atomic E-state index is 12.3. The Morgan fingerprint density at radius 1 is 1.35 bits per heavy atom. The summed E-state index contributed by atoms with van der Waals surface area (Å²) in [6.45, 7) is 1.89. The highest BCUT2D eigenvalue weighted by molar-refractivity contribution is 7.89. The summed E-state index contributed by atoms with van der Waals surface area (Å²) in [6.07, 6.45) is 3.00. The van der Waals surface area contributed by atoms with Crippen molar-refractivity contribution in [3.63, 3.8) is 0 Å². The number of benzene rings is 1. The maximum Gasteiger partial charge on any atom is 0.245 e. The maximum atomic E-state index is 12.3. The number of nitrogen functional groups attached to an aromatic ring is 1. The van der Waals surface area contributed by atoms with E-state index in [1.54, 1.807) is 25.2 Å². The fourth-order valence-electron chi connectivity index (χ4n) is 2.00. The third-order valence-electron chi connectivity index (χ3n) is 3.41. The van der Waals surface area contributed by atoms with E-state index in [2.05, 4.69) is 0 Å². The van der Waals surface area contributed by atoms with E-state index in [9.17, 15) is 8.42 Å². The Labute approximate surface area is 102 Å². The van der Waals surface area contributed by atoms with Crippen LogP contribution < -0.4 is 5.73 Å². The second-order valence-corrected chi connectivity index (χ2v) is 6.61. The monoisotopic (exact) mass is 254 g/mol. The van der Waals surface area contributed by atoms with Crippen LogP contribution in [0.1, 0.15) is 24.8 Å². The van der Waals surface area contributed by atoms with Crippen molar-refractivity contribution in [1.29, 1.82) is 0 Å². The molecule has 2 N–H and O–H groups in total. The van der Waals surface area contributed by atoms with Gasteiger partial charge in [0.2, 0.25) is 10.0 Å². The molecule has 1 aliphatic rings. The molecule has 1 saturated carbocycles. The number of hydrogen-bond donors (Lipinski definition) is 1. The topological polar surface area (TPSA) is 63.4 Å². The minimum Gasteiger partial charge on any atom is -0.398 e. The van der Waals surface area contributed by atoms with Crippen molar-refractivity contribution < 1.29 is 8.42 Å². The van der Waals surface area contributed by atoms with Gasteiger partial charge in [-0.25, -0.2) is 8.42 Å². The number of sulfonamides is 1. The van der Waals surface area contributed by atoms with Crippen molar-refractivity contribution in [3.8, 4) is 0 Å². The average Bonchev–Trinajstić information content (AvgIpc) is 2.13. The summed E-state index contributed by atoms with van der Waals surface area (Å²) in [5.74, 6) is 0. The molecule has 1 fully saturated rings. The number of nitrogens with zero attached hydrogens (tertiary/aromatic N) is 1. The highest BCUT2D eigenvalue weighted by Crippen LogP contribution is 2.30. The average molecular weight is 254 g/mol. The van der Waals surface area contributed by atoms with Gasteiger partial charge in [0.1, 0.15) is 4.90 Å². The van der Waals surface area contributed by atoms with Gasteiger partial charge in [-0.3, -0.25) is 0 Å². The molecule has 0 amide bonds. The summed E-state index contributed by atoms with van der Waals surface area (Å²) < 4.78 is 26.1. The fraction of sp³-hybridized carbons (Fsp3) is 0.500. The van der Waals surface area contributed by atoms with Gasteiger partial charge < -0.3 is 5.73 Å². The van der Waals surface area contributed by atoms with Crippen molar-refractivity contribution in [2.75, 3.05) is 12.8 Å². The van der Waals surface area contributed by atoms with Gasteiger partial charge in [0.15, 0.2) is 0 Å². The van der Waals surface area contributed by atoms with Crippen LogP contribution in [0.5, 0.6) is 0 Å². The Kier molecular flexibility index (Phi) is 3.14. The molecule has 0 bridgehead atoms. The van der Waals surface area contributed by atoms with Crippen LogP contribution in [0.3, 0.4) is 0 Å². The molecule has 5 heteroatoms. The first kappa shape index (κ1) is 12.4. The van der Waals surface area contributed by atoms with Gasteiger partial charge in [-0.15, -0.1) is 0 Å². The van der Waals surface area contributed by atoms with Gasteiger partial charge in [-0.1, -0.05) is 12.5 Å². The van der Waals surface area contributed by atoms with Crippen LogP contribution in [0.15, 0.2) is 23.1 Å². The lowest BCUT2D eigenvalue weighted by atomic mass is 9.94. The summed E-state index contributed by atoms with van der Waals surface area (Å²) in [6, 6.07) is 5.20. The number of rotatable bonds is 3. The summed E-state index contributed by atoms with van der Waals surface area (Å²) in [5.41, 5.74) is 7.09. The zero-order chi connectivity index (χ0) is 12.6. The van der Waals surface area contributed by atoms with Crippen molar-refractivity contribution in [2.24, 2.45) is 0 Å². The lowest BCUT2D eigenvalue weighted by Crippen LogP contribution is -2.41. The first-order chi connectivity index (χ1) is 7.93. The Morgan fingerprint density at radius 3 is 2.47 bits per heavy atom. The Balaban J connectivity index is 2.36. The van der Waals surface area contributed by atoms with Crippen LogP contribution >= 0.6 is 0 Å². The van der Waals surface area contributed by atoms with Crippen molar-refractivity contribution in [2.45, 2.75) is 37.1 Å². The van der Waals surface area contributed by atoms with Crippen LogP contribution in [-0.4, -0.2) is 25.8 Å². The SMILES string of the molecule is Cc1ccc(S(=O)(=O)N(C)C2CCC2)c(N)c1. The Hall–Kier alpha value is -1.07. The summed E-state index contributed by atoms with van der Waals surface area (Å²) in [7, 11) is -1.80. The molecule has 1 aliphatic carbocycles. The molecule has 0 heterocycles. The van der Waals surface area contributed by atoms with E-state index in [0.29, 0.717) is 5.69 Å². The molecule has 94 valence electrons. The van der Waals surface area contributed by atoms with Crippen molar-refractivity contribution in [3.05, 3.63) is 23.8 Å². The zero-order valence-corrected chi connectivity index (χ0v) is 11.0. The lowest BCUT2D eigenvalue weighted by Gasteiger charge is -2.34. The molecule has 17 heavy (non-hydrogen) atoms. The van der Waals surface area contributed by atoms with E-state index in [4.69, 9.17) is 5.73 Å². The number of nitrogens with two attached hydrogens (primary N) is 1. The molecule has 0 radical (unpaired) electrons. The fourth-order valence-corrected chi connectivity index (χ4v) is 3.51. The molecule has 0 aliphatic heterocycles. The minimum absolute atomic E-state index is 0.140. The van der Waals surface area contributed by atoms with E-state index >= 15 is 0 Å². The zero-order valence-electron chi connectivity index (χ0n) is 10.2. The van der Waals surface area contributed by atoms with Gasteiger partial charge >= 0.3 is 0 Å². The van der Waals surface area contributed by atoms with Crippen LogP contribution in [0.25, 0.3) is 0 Å². The number of hydrogen-bond acceptors (Lipinski definition) is 3. The summed E-state index contributed by atoms with van der Waals surface area (Å²) >= 11 is 0. The van der Waals surface area contributed by atoms with Crippen LogP contribution in [0.2, 0.25) is 0 Å². The van der Waals surface area contributed by atoms with Gasteiger partial charge in [-0.05, 0) is 37.5 Å². The normalized spacial score (nSPS) is 17.1. The van der Waals surface area contributed by atoms with Crippen LogP contribution in [0, 0.1) is 6.92 Å². The van der Waals surface area contributed by atoms with Crippen molar-refractivity contribution in [1.82, 2.24) is 4.31 Å². The first-order valence-electron chi connectivity index (χ1n) is 5.77. The molecule has 1 aromatic carbocycles. The molecule has 1 aromatic rings. The summed E-state index contributed by atoms with van der Waals surface area (Å²) in [4.78, 5) is 0.220. The Morgan fingerprint density at radius 2 is 2.00 bits per heavy atom. The molecule has 0 saturated heterocycles. The highest BCUT2D eigenvalue weighted by Gasteiger charge is 2.32. The lowest BCUT2D eigenvalue weighted by molar-refractivity contribution is 0.250. The molecule has 0 spiro atoms. The van der Waals surface area contributed by atoms with E-state index < -0.39 is 10.0 Å². The predicted octanol–water partition coefficient (Wildman–Crippen LogP) is 1.75. The molecule has 0 atom stereocenters. The Bertz CT molecular complexity index is 521. The largest absolute Gasteiger partial charge is 0.398 e. The molecule has 4 nitrogen and oxygen atoms in total. The standard InChI is InChI=1S/C12H18N2O2S/c1-9-6-7-12(11(13)8-9)17(15,16)14(2)10-4-3-5-10/h6-8,10H,3-5,13H2,1-2H3. The second-order valence-electron chi connectivity index (χ2n) is 4.65. The van der Waals surface area contributed by atoms with Gasteiger partial charge in [0, 0.05) is 13.1 Å². The molecule has 0 unspecified atom stereocenters. The minimum atomic E-state index is -3.44.